The molecule has 2 amide bonds. The first kappa shape index (κ1) is 14.5. The van der Waals surface area contributed by atoms with Gasteiger partial charge in [0, 0.05) is 20.5 Å². The van der Waals surface area contributed by atoms with Crippen LogP contribution in [0.15, 0.2) is 0 Å². The van der Waals surface area contributed by atoms with Crippen LogP contribution in [0.2, 0.25) is 0 Å². The lowest BCUT2D eigenvalue weighted by molar-refractivity contribution is -0.154. The Labute approximate surface area is 107 Å². The monoisotopic (exact) mass is 256 g/mol. The van der Waals surface area contributed by atoms with E-state index in [2.05, 4.69) is 0 Å². The van der Waals surface area contributed by atoms with E-state index in [0.29, 0.717) is 18.9 Å². The van der Waals surface area contributed by atoms with Crippen molar-refractivity contribution in [3.63, 3.8) is 0 Å². The van der Waals surface area contributed by atoms with Gasteiger partial charge in [-0.05, 0) is 18.8 Å². The first-order chi connectivity index (χ1) is 8.32. The third-order valence-electron chi connectivity index (χ3n) is 3.38. The zero-order chi connectivity index (χ0) is 13.9. The van der Waals surface area contributed by atoms with Crippen LogP contribution in [0, 0.1) is 5.92 Å². The van der Waals surface area contributed by atoms with E-state index in [0.717, 1.165) is 6.42 Å². The van der Waals surface area contributed by atoms with Crippen LogP contribution in [0.25, 0.3) is 0 Å². The molecular formula is C12H20N2O4. The van der Waals surface area contributed by atoms with Gasteiger partial charge in [-0.25, -0.2) is 4.79 Å². The van der Waals surface area contributed by atoms with E-state index in [1.54, 1.807) is 0 Å². The molecule has 6 nitrogen and oxygen atoms in total. The molecule has 18 heavy (non-hydrogen) atoms. The maximum atomic E-state index is 12.0. The fourth-order valence-corrected chi connectivity index (χ4v) is 2.08. The summed E-state index contributed by atoms with van der Waals surface area (Å²) >= 11 is 0. The van der Waals surface area contributed by atoms with Crippen LogP contribution in [0.4, 0.5) is 0 Å². The van der Waals surface area contributed by atoms with Crippen LogP contribution >= 0.6 is 0 Å². The Kier molecular flexibility index (Phi) is 4.69. The molecule has 1 aliphatic heterocycles. The molecule has 0 aromatic carbocycles. The van der Waals surface area contributed by atoms with E-state index >= 15 is 0 Å². The minimum absolute atomic E-state index is 0.0620. The number of rotatable bonds is 3. The highest BCUT2D eigenvalue weighted by Gasteiger charge is 2.34. The van der Waals surface area contributed by atoms with E-state index < -0.39 is 12.0 Å². The molecule has 1 saturated heterocycles. The van der Waals surface area contributed by atoms with Gasteiger partial charge in [-0.1, -0.05) is 6.92 Å². The number of aliphatic carboxylic acids is 1. The number of piperidine rings is 1. The number of nitrogens with zero attached hydrogens (tertiary/aromatic N) is 2. The van der Waals surface area contributed by atoms with Crippen LogP contribution in [0.1, 0.15) is 26.7 Å². The number of carboxylic acid groups (broad SMARTS) is 1. The Bertz CT molecular complexity index is 356. The van der Waals surface area contributed by atoms with E-state index in [4.69, 9.17) is 5.11 Å². The number of amides is 2. The summed E-state index contributed by atoms with van der Waals surface area (Å²) in [4.78, 5) is 36.9. The van der Waals surface area contributed by atoms with Crippen LogP contribution in [0.3, 0.4) is 0 Å². The summed E-state index contributed by atoms with van der Waals surface area (Å²) in [5, 5.41) is 9.14. The maximum Gasteiger partial charge on any atom is 0.326 e. The Morgan fingerprint density at radius 3 is 2.50 bits per heavy atom. The topological polar surface area (TPSA) is 77.9 Å². The fraction of sp³-hybridized carbons (Fsp3) is 0.750. The third kappa shape index (κ3) is 3.45. The van der Waals surface area contributed by atoms with E-state index in [9.17, 15) is 14.4 Å². The van der Waals surface area contributed by atoms with Crippen molar-refractivity contribution >= 4 is 17.8 Å². The van der Waals surface area contributed by atoms with Crippen molar-refractivity contribution in [2.45, 2.75) is 32.7 Å². The number of hydrogen-bond donors (Lipinski definition) is 1. The lowest BCUT2D eigenvalue weighted by Crippen LogP contribution is -2.52. The minimum atomic E-state index is -0.972. The van der Waals surface area contributed by atoms with Gasteiger partial charge >= 0.3 is 5.97 Å². The lowest BCUT2D eigenvalue weighted by atomic mass is 9.92. The van der Waals surface area contributed by atoms with Gasteiger partial charge in [-0.2, -0.15) is 0 Å². The fourth-order valence-electron chi connectivity index (χ4n) is 2.08. The van der Waals surface area contributed by atoms with Gasteiger partial charge in [0.1, 0.15) is 6.04 Å². The highest BCUT2D eigenvalue weighted by Crippen LogP contribution is 2.22. The molecule has 1 heterocycles. The summed E-state index contributed by atoms with van der Waals surface area (Å²) in [6, 6.07) is -0.762. The van der Waals surface area contributed by atoms with Gasteiger partial charge in [-0.15, -0.1) is 0 Å². The standard InChI is InChI=1S/C12H20N2O4/c1-8-4-5-14(10(6-8)12(17)18)11(16)7-13(3)9(2)15/h8,10H,4-7H2,1-3H3,(H,17,18). The highest BCUT2D eigenvalue weighted by molar-refractivity contribution is 5.87. The molecule has 0 radical (unpaired) electrons. The molecule has 1 N–H and O–H groups in total. The smallest absolute Gasteiger partial charge is 0.326 e. The van der Waals surface area contributed by atoms with Gasteiger partial charge in [0.15, 0.2) is 0 Å². The van der Waals surface area contributed by atoms with Gasteiger partial charge < -0.3 is 14.9 Å². The van der Waals surface area contributed by atoms with E-state index in [-0.39, 0.29) is 18.4 Å². The number of likely N-dealkylation sites (tertiary alicyclic amines) is 1. The van der Waals surface area contributed by atoms with Crippen molar-refractivity contribution in [2.24, 2.45) is 5.92 Å². The summed E-state index contributed by atoms with van der Waals surface area (Å²) in [6.07, 6.45) is 1.28. The second-order valence-electron chi connectivity index (χ2n) is 4.95. The largest absolute Gasteiger partial charge is 0.480 e. The first-order valence-corrected chi connectivity index (χ1v) is 6.07. The SMILES string of the molecule is CC(=O)N(C)CC(=O)N1CCC(C)CC1C(=O)O. The Hall–Kier alpha value is -1.59. The Morgan fingerprint density at radius 2 is 2.00 bits per heavy atom. The lowest BCUT2D eigenvalue weighted by Gasteiger charge is -2.36. The summed E-state index contributed by atoms with van der Waals surface area (Å²) in [7, 11) is 1.53. The molecule has 0 spiro atoms. The van der Waals surface area contributed by atoms with Gasteiger partial charge in [-0.3, -0.25) is 9.59 Å². The molecule has 1 rings (SSSR count). The number of likely N-dealkylation sites (N-methyl/N-ethyl adjacent to an activating group) is 1. The molecule has 0 aromatic heterocycles. The van der Waals surface area contributed by atoms with Crippen molar-refractivity contribution in [1.29, 1.82) is 0 Å². The predicted octanol–water partition coefficient (Wildman–Crippen LogP) is 0.176. The second-order valence-corrected chi connectivity index (χ2v) is 4.95. The van der Waals surface area contributed by atoms with Crippen molar-refractivity contribution in [2.75, 3.05) is 20.1 Å². The zero-order valence-electron chi connectivity index (χ0n) is 11.0. The van der Waals surface area contributed by atoms with Gasteiger partial charge in [0.25, 0.3) is 0 Å². The number of carbonyl (C=O) groups excluding carboxylic acids is 2. The normalized spacial score (nSPS) is 23.6. The molecule has 2 atom stereocenters. The van der Waals surface area contributed by atoms with Crippen LogP contribution in [-0.2, 0) is 14.4 Å². The molecule has 0 bridgehead atoms. The molecule has 6 heteroatoms. The molecule has 1 aliphatic rings. The number of carboxylic acids is 1. The minimum Gasteiger partial charge on any atom is -0.480 e. The number of carbonyl (C=O) groups is 3. The predicted molar refractivity (Wildman–Crippen MR) is 64.8 cm³/mol. The molecule has 0 aliphatic carbocycles. The second kappa shape index (κ2) is 5.84. The molecule has 1 fully saturated rings. The van der Waals surface area contributed by atoms with E-state index in [1.807, 2.05) is 6.92 Å². The summed E-state index contributed by atoms with van der Waals surface area (Å²) in [6.45, 7) is 3.75. The van der Waals surface area contributed by atoms with Crippen molar-refractivity contribution < 1.29 is 19.5 Å². The third-order valence-corrected chi connectivity index (χ3v) is 3.38. The zero-order valence-corrected chi connectivity index (χ0v) is 11.0. The summed E-state index contributed by atoms with van der Waals surface area (Å²) < 4.78 is 0. The van der Waals surface area contributed by atoms with E-state index in [1.165, 1.54) is 23.8 Å². The Balaban J connectivity index is 2.70. The van der Waals surface area contributed by atoms with Gasteiger partial charge in [0.05, 0.1) is 6.54 Å². The molecular weight excluding hydrogens is 236 g/mol. The van der Waals surface area contributed by atoms with Crippen LogP contribution in [-0.4, -0.2) is 58.9 Å². The summed E-state index contributed by atoms with van der Waals surface area (Å²) in [5.41, 5.74) is 0. The van der Waals surface area contributed by atoms with Crippen molar-refractivity contribution in [3.05, 3.63) is 0 Å². The van der Waals surface area contributed by atoms with Crippen LogP contribution in [0.5, 0.6) is 0 Å². The molecule has 0 aromatic rings. The highest BCUT2D eigenvalue weighted by atomic mass is 16.4. The maximum absolute atomic E-state index is 12.0. The van der Waals surface area contributed by atoms with Crippen molar-refractivity contribution in [1.82, 2.24) is 9.80 Å². The number of hydrogen-bond acceptors (Lipinski definition) is 3. The molecule has 0 saturated carbocycles. The Morgan fingerprint density at radius 1 is 1.39 bits per heavy atom. The molecule has 2 unspecified atom stereocenters. The average Bonchev–Trinajstić information content (AvgIpc) is 2.28. The average molecular weight is 256 g/mol. The van der Waals surface area contributed by atoms with Crippen LogP contribution < -0.4 is 0 Å². The quantitative estimate of drug-likeness (QED) is 0.781. The van der Waals surface area contributed by atoms with Gasteiger partial charge in [0.2, 0.25) is 11.8 Å². The first-order valence-electron chi connectivity index (χ1n) is 6.07. The molecule has 102 valence electrons. The van der Waals surface area contributed by atoms with Crippen molar-refractivity contribution in [3.8, 4) is 0 Å². The summed E-state index contributed by atoms with van der Waals surface area (Å²) in [5.74, 6) is -1.17.